The van der Waals surface area contributed by atoms with Gasteiger partial charge >= 0.3 is 12.0 Å². The Hall–Kier alpha value is -3.00. The van der Waals surface area contributed by atoms with E-state index >= 15 is 0 Å². The van der Waals surface area contributed by atoms with Crippen LogP contribution in [0.5, 0.6) is 0 Å². The van der Waals surface area contributed by atoms with Gasteiger partial charge in [0.2, 0.25) is 11.8 Å². The third-order valence-corrected chi connectivity index (χ3v) is 12.5. The molecule has 4 aliphatic rings. The molecule has 0 radical (unpaired) electrons. The molecule has 2 unspecified atom stereocenters. The molecule has 0 aliphatic carbocycles. The number of anilines is 1. The van der Waals surface area contributed by atoms with E-state index in [-0.39, 0.29) is 36.3 Å². The van der Waals surface area contributed by atoms with Gasteiger partial charge in [-0.25, -0.2) is 4.79 Å². The lowest BCUT2D eigenvalue weighted by Gasteiger charge is -2.45. The van der Waals surface area contributed by atoms with Crippen LogP contribution >= 0.6 is 31.9 Å². The van der Waals surface area contributed by atoms with Gasteiger partial charge in [-0.05, 0) is 81.0 Å². The maximum atomic E-state index is 14.2. The smallest absolute Gasteiger partial charge is 0.322 e. The largest absolute Gasteiger partial charge is 0.480 e. The number of amides is 4. The summed E-state index contributed by atoms with van der Waals surface area (Å²) in [5, 5.41) is 12.9. The molecule has 0 spiro atoms. The molecule has 0 saturated carbocycles. The molecule has 2 aromatic carbocycles. The number of piperazine rings is 1. The van der Waals surface area contributed by atoms with Gasteiger partial charge in [0.25, 0.3) is 0 Å². The number of fused-ring (bicyclic) bond motifs is 1. The van der Waals surface area contributed by atoms with Crippen LogP contribution in [-0.2, 0) is 27.3 Å². The van der Waals surface area contributed by atoms with Crippen LogP contribution in [0.3, 0.4) is 0 Å². The molecule has 49 heavy (non-hydrogen) atoms. The number of urea groups is 1. The SMILES string of the molecule is Cc1c(Br)cc(CC(CC(=O)N2CCC(N3Cc4ccccc4NC3=O)CC2)C(=O)N2CCC(N3CCN(C)CC3C(=O)O)CC2)cc1Br. The van der Waals surface area contributed by atoms with Crippen molar-refractivity contribution in [2.24, 2.45) is 5.92 Å². The normalized spacial score (nSPS) is 22.1. The van der Waals surface area contributed by atoms with Crippen molar-refractivity contribution in [3.8, 4) is 0 Å². The maximum Gasteiger partial charge on any atom is 0.322 e. The predicted molar refractivity (Wildman–Crippen MR) is 194 cm³/mol. The highest BCUT2D eigenvalue weighted by atomic mass is 79.9. The summed E-state index contributed by atoms with van der Waals surface area (Å²) in [6, 6.07) is 11.4. The monoisotopic (exact) mass is 800 g/mol. The zero-order chi connectivity index (χ0) is 34.8. The molecule has 4 amide bonds. The molecule has 4 heterocycles. The van der Waals surface area contributed by atoms with E-state index in [0.717, 1.165) is 37.9 Å². The van der Waals surface area contributed by atoms with Gasteiger partial charge in [0.05, 0.1) is 5.92 Å². The number of carboxylic acids is 1. The van der Waals surface area contributed by atoms with Crippen LogP contribution in [0.1, 0.15) is 48.8 Å². The van der Waals surface area contributed by atoms with Gasteiger partial charge < -0.3 is 30.0 Å². The van der Waals surface area contributed by atoms with E-state index in [4.69, 9.17) is 0 Å². The summed E-state index contributed by atoms with van der Waals surface area (Å²) in [4.78, 5) is 62.8. The van der Waals surface area contributed by atoms with E-state index in [1.807, 2.05) is 65.1 Å². The molecule has 0 aromatic heterocycles. The highest BCUT2D eigenvalue weighted by Gasteiger charge is 2.39. The number of para-hydroxylation sites is 1. The molecule has 6 rings (SSSR count). The van der Waals surface area contributed by atoms with Gasteiger partial charge in [0.1, 0.15) is 6.04 Å². The van der Waals surface area contributed by atoms with E-state index in [1.165, 1.54) is 0 Å². The number of likely N-dealkylation sites (N-methyl/N-ethyl adjacent to an activating group) is 1. The highest BCUT2D eigenvalue weighted by Crippen LogP contribution is 2.31. The number of aliphatic carboxylic acids is 1. The molecule has 264 valence electrons. The van der Waals surface area contributed by atoms with Crippen LogP contribution in [0, 0.1) is 12.8 Å². The van der Waals surface area contributed by atoms with Crippen LogP contribution in [0.25, 0.3) is 0 Å². The van der Waals surface area contributed by atoms with E-state index in [2.05, 4.69) is 47.0 Å². The zero-order valence-electron chi connectivity index (χ0n) is 28.2. The Morgan fingerprint density at radius 2 is 1.55 bits per heavy atom. The summed E-state index contributed by atoms with van der Waals surface area (Å²) < 4.78 is 1.89. The number of carboxylic acid groups (broad SMARTS) is 1. The second kappa shape index (κ2) is 15.5. The number of carbonyl (C=O) groups is 4. The van der Waals surface area contributed by atoms with E-state index < -0.39 is 17.9 Å². The first-order valence-electron chi connectivity index (χ1n) is 17.3. The molecule has 2 aromatic rings. The molecule has 4 aliphatic heterocycles. The summed E-state index contributed by atoms with van der Waals surface area (Å²) >= 11 is 7.29. The first-order valence-corrected chi connectivity index (χ1v) is 18.9. The fraction of sp³-hybridized carbons (Fsp3) is 0.556. The minimum atomic E-state index is -0.799. The molecule has 13 heteroatoms. The second-order valence-corrected chi connectivity index (χ2v) is 15.7. The number of nitrogens with one attached hydrogen (secondary N) is 1. The number of hydrogen-bond acceptors (Lipinski definition) is 6. The van der Waals surface area contributed by atoms with Gasteiger partial charge in [-0.3, -0.25) is 19.3 Å². The maximum absolute atomic E-state index is 14.2. The zero-order valence-corrected chi connectivity index (χ0v) is 31.4. The number of carbonyl (C=O) groups excluding carboxylic acids is 3. The number of benzene rings is 2. The molecule has 0 bridgehead atoms. The summed E-state index contributed by atoms with van der Waals surface area (Å²) in [6.45, 7) is 6.76. The van der Waals surface area contributed by atoms with Gasteiger partial charge in [-0.2, -0.15) is 0 Å². The third-order valence-electron chi connectivity index (χ3n) is 10.9. The molecule has 2 atom stereocenters. The lowest BCUT2D eigenvalue weighted by Crippen LogP contribution is -2.60. The first kappa shape index (κ1) is 35.8. The van der Waals surface area contributed by atoms with Crippen molar-refractivity contribution in [2.75, 3.05) is 58.2 Å². The number of nitrogens with zero attached hydrogens (tertiary/aromatic N) is 5. The Bertz CT molecular complexity index is 1550. The standard InChI is InChI=1S/C36H46Br2N6O5/c1-23-29(37)18-24(19-30(23)38)17-26(34(46)42-13-9-27(10-14-42)43-16-15-40(2)22-32(43)35(47)48)20-33(45)41-11-7-28(8-12-41)44-21-25-5-3-4-6-31(25)39-36(44)49/h3-6,18-19,26-28,32H,7-17,20-22H2,1-2H3,(H,39,49)(H,47,48). The van der Waals surface area contributed by atoms with Gasteiger partial charge in [-0.15, -0.1) is 0 Å². The summed E-state index contributed by atoms with van der Waals surface area (Å²) in [5.74, 6) is -1.38. The summed E-state index contributed by atoms with van der Waals surface area (Å²) in [5.41, 5.74) is 3.99. The lowest BCUT2D eigenvalue weighted by atomic mass is 9.91. The van der Waals surface area contributed by atoms with E-state index in [0.29, 0.717) is 77.9 Å². The molecule has 3 fully saturated rings. The fourth-order valence-electron chi connectivity index (χ4n) is 7.90. The topological polar surface area (TPSA) is 117 Å². The minimum Gasteiger partial charge on any atom is -0.480 e. The van der Waals surface area contributed by atoms with Crippen molar-refractivity contribution in [3.05, 3.63) is 62.0 Å². The number of rotatable bonds is 8. The average Bonchev–Trinajstić information content (AvgIpc) is 3.09. The number of hydrogen-bond donors (Lipinski definition) is 2. The summed E-state index contributed by atoms with van der Waals surface area (Å²) in [7, 11) is 1.95. The van der Waals surface area contributed by atoms with Crippen molar-refractivity contribution < 1.29 is 24.3 Å². The van der Waals surface area contributed by atoms with Crippen molar-refractivity contribution in [1.82, 2.24) is 24.5 Å². The molecule has 3 saturated heterocycles. The van der Waals surface area contributed by atoms with Gasteiger partial charge in [0.15, 0.2) is 0 Å². The number of likely N-dealkylation sites (tertiary alicyclic amines) is 2. The Balaban J connectivity index is 1.10. The highest BCUT2D eigenvalue weighted by molar-refractivity contribution is 9.11. The minimum absolute atomic E-state index is 0.0219. The van der Waals surface area contributed by atoms with Crippen molar-refractivity contribution >= 4 is 61.4 Å². The predicted octanol–water partition coefficient (Wildman–Crippen LogP) is 4.80. The average molecular weight is 803 g/mol. The summed E-state index contributed by atoms with van der Waals surface area (Å²) in [6.07, 6.45) is 3.35. The van der Waals surface area contributed by atoms with Crippen molar-refractivity contribution in [2.45, 2.75) is 70.1 Å². The van der Waals surface area contributed by atoms with Crippen LogP contribution in [0.15, 0.2) is 45.3 Å². The third kappa shape index (κ3) is 8.16. The van der Waals surface area contributed by atoms with Crippen LogP contribution < -0.4 is 5.32 Å². The Kier molecular flexibility index (Phi) is 11.3. The second-order valence-electron chi connectivity index (χ2n) is 14.0. The Morgan fingerprint density at radius 1 is 0.918 bits per heavy atom. The Labute approximate surface area is 305 Å². The number of halogens is 2. The molecule has 11 nitrogen and oxygen atoms in total. The number of piperidine rings is 2. The Morgan fingerprint density at radius 3 is 2.22 bits per heavy atom. The quantitative estimate of drug-likeness (QED) is 0.395. The molecule has 2 N–H and O–H groups in total. The van der Waals surface area contributed by atoms with Gasteiger partial charge in [-0.1, -0.05) is 50.1 Å². The fourth-order valence-corrected chi connectivity index (χ4v) is 9.18. The lowest BCUT2D eigenvalue weighted by molar-refractivity contribution is -0.149. The van der Waals surface area contributed by atoms with Crippen LogP contribution in [0.2, 0.25) is 0 Å². The molecular formula is C36H46Br2N6O5. The first-order chi connectivity index (χ1) is 23.5. The van der Waals surface area contributed by atoms with Crippen molar-refractivity contribution in [1.29, 1.82) is 0 Å². The van der Waals surface area contributed by atoms with E-state index in [9.17, 15) is 24.3 Å². The van der Waals surface area contributed by atoms with Crippen molar-refractivity contribution in [3.63, 3.8) is 0 Å². The van der Waals surface area contributed by atoms with E-state index in [1.54, 1.807) is 0 Å². The molecular weight excluding hydrogens is 756 g/mol. The van der Waals surface area contributed by atoms with Crippen LogP contribution in [-0.4, -0.2) is 124 Å². The van der Waals surface area contributed by atoms with Crippen LogP contribution in [0.4, 0.5) is 10.5 Å². The van der Waals surface area contributed by atoms with Gasteiger partial charge in [0, 0.05) is 85.5 Å².